The summed E-state index contributed by atoms with van der Waals surface area (Å²) < 4.78 is 4.75. The molecule has 0 unspecified atom stereocenters. The molecule has 1 saturated heterocycles. The van der Waals surface area contributed by atoms with Crippen molar-refractivity contribution in [2.45, 2.75) is 60.3 Å². The van der Waals surface area contributed by atoms with Gasteiger partial charge < -0.3 is 15.7 Å². The van der Waals surface area contributed by atoms with E-state index in [0.29, 0.717) is 23.4 Å². The number of anilines is 3. The van der Waals surface area contributed by atoms with Gasteiger partial charge in [0.1, 0.15) is 5.75 Å². The average Bonchev–Trinajstić information content (AvgIpc) is 3.20. The number of nitrogens with zero attached hydrogens (tertiary/aromatic N) is 7. The van der Waals surface area contributed by atoms with E-state index in [2.05, 4.69) is 56.3 Å². The van der Waals surface area contributed by atoms with Gasteiger partial charge >= 0.3 is 0 Å². The van der Waals surface area contributed by atoms with Crippen LogP contribution >= 0.6 is 0 Å². The van der Waals surface area contributed by atoms with Crippen LogP contribution in [-0.2, 0) is 4.79 Å². The lowest BCUT2D eigenvalue weighted by Crippen LogP contribution is -2.35. The monoisotopic (exact) mass is 541 g/mol. The zero-order valence-electron chi connectivity index (χ0n) is 23.9. The summed E-state index contributed by atoms with van der Waals surface area (Å²) in [4.78, 5) is 17.5. The number of rotatable bonds is 11. The molecule has 12 heteroatoms. The molecular weight excluding hydrogens is 498 g/mol. The van der Waals surface area contributed by atoms with Gasteiger partial charge in [-0.2, -0.15) is 10.2 Å². The molecule has 214 valence electrons. The number of phenolic OH excluding ortho intramolecular Hbond substituents is 1. The van der Waals surface area contributed by atoms with Crippen molar-refractivity contribution < 1.29 is 14.5 Å². The van der Waals surface area contributed by atoms with Crippen molar-refractivity contribution in [1.82, 2.24) is 20.6 Å². The number of phenols is 1. The Balaban J connectivity index is 0.00000260. The second-order valence-electron chi connectivity index (χ2n) is 8.80. The smallest absolute Gasteiger partial charge is 0.268 e. The second kappa shape index (κ2) is 16.1. The molecule has 0 spiro atoms. The summed E-state index contributed by atoms with van der Waals surface area (Å²) in [6.45, 7) is 17.3. The van der Waals surface area contributed by atoms with Crippen molar-refractivity contribution in [3.63, 3.8) is 0 Å². The molecule has 12 nitrogen and oxygen atoms in total. The predicted octanol–water partition coefficient (Wildman–Crippen LogP) is 3.95. The zero-order chi connectivity index (χ0) is 28.8. The van der Waals surface area contributed by atoms with Gasteiger partial charge in [0.15, 0.2) is 0 Å². The molecule has 1 aliphatic rings. The third-order valence-electron chi connectivity index (χ3n) is 6.45. The number of likely N-dealkylation sites (tertiary alicyclic amines) is 1. The summed E-state index contributed by atoms with van der Waals surface area (Å²) in [5, 5.41) is 27.4. The molecule has 2 aromatic rings. The van der Waals surface area contributed by atoms with Crippen molar-refractivity contribution in [3.8, 4) is 5.75 Å². The van der Waals surface area contributed by atoms with Crippen molar-refractivity contribution in [2.24, 2.45) is 10.2 Å². The van der Waals surface area contributed by atoms with Gasteiger partial charge in [-0.05, 0) is 69.1 Å². The highest BCUT2D eigenvalue weighted by Gasteiger charge is 2.25. The molecule has 3 rings (SSSR count). The fourth-order valence-corrected chi connectivity index (χ4v) is 4.27. The zero-order valence-corrected chi connectivity index (χ0v) is 23.9. The van der Waals surface area contributed by atoms with Gasteiger partial charge in [-0.3, -0.25) is 9.69 Å². The number of aromatic nitrogens is 2. The summed E-state index contributed by atoms with van der Waals surface area (Å²) in [6.07, 6.45) is 5.92. The normalized spacial score (nSPS) is 14.6. The van der Waals surface area contributed by atoms with Crippen LogP contribution in [0.25, 0.3) is 0 Å². The Morgan fingerprint density at radius 3 is 2.41 bits per heavy atom. The Bertz CT molecular complexity index is 1120. The molecule has 1 amide bonds. The highest BCUT2D eigenvalue weighted by molar-refractivity contribution is 5.95. The van der Waals surface area contributed by atoms with Crippen LogP contribution in [0.4, 0.5) is 17.3 Å². The van der Waals surface area contributed by atoms with E-state index in [4.69, 9.17) is 10.4 Å². The maximum atomic E-state index is 13.1. The fraction of sp³-hybridized carbons (Fsp3) is 0.519. The SMILES string of the molecule is C=NN(/C(CN1CCCCCC1)=C(\C)C(=O)N/N=C\c1ccc(N(CC)CC)cc1O)c1nonc1N.CC. The van der Waals surface area contributed by atoms with Gasteiger partial charge in [0.25, 0.3) is 5.91 Å². The summed E-state index contributed by atoms with van der Waals surface area (Å²) in [6, 6.07) is 5.35. The van der Waals surface area contributed by atoms with E-state index >= 15 is 0 Å². The van der Waals surface area contributed by atoms with Gasteiger partial charge in [0.2, 0.25) is 11.6 Å². The summed E-state index contributed by atoms with van der Waals surface area (Å²) in [5.41, 5.74) is 10.8. The number of nitrogens with one attached hydrogen (secondary N) is 1. The number of carbonyl (C=O) groups excluding carboxylic acids is 1. The largest absolute Gasteiger partial charge is 0.507 e. The third-order valence-corrected chi connectivity index (χ3v) is 6.45. The first-order chi connectivity index (χ1) is 18.9. The topological polar surface area (TPSA) is 149 Å². The van der Waals surface area contributed by atoms with E-state index in [9.17, 15) is 9.90 Å². The lowest BCUT2D eigenvalue weighted by Gasteiger charge is -2.27. The predicted molar refractivity (Wildman–Crippen MR) is 157 cm³/mol. The molecule has 1 fully saturated rings. The number of nitrogens with two attached hydrogens (primary N) is 1. The van der Waals surface area contributed by atoms with Crippen molar-refractivity contribution >= 4 is 36.2 Å². The Kier molecular flexibility index (Phi) is 12.9. The lowest BCUT2D eigenvalue weighted by molar-refractivity contribution is -0.117. The third kappa shape index (κ3) is 8.54. The summed E-state index contributed by atoms with van der Waals surface area (Å²) >= 11 is 0. The molecule has 1 aliphatic heterocycles. The van der Waals surface area contributed by atoms with E-state index in [1.807, 2.05) is 19.9 Å². The number of hydrogen-bond donors (Lipinski definition) is 3. The molecule has 1 aromatic carbocycles. The van der Waals surface area contributed by atoms with E-state index in [-0.39, 0.29) is 17.4 Å². The quantitative estimate of drug-likeness (QED) is 0.218. The van der Waals surface area contributed by atoms with Crippen LogP contribution in [-0.4, -0.2) is 71.9 Å². The number of carbonyl (C=O) groups is 1. The minimum absolute atomic E-state index is 0.0376. The minimum Gasteiger partial charge on any atom is -0.507 e. The molecule has 0 bridgehead atoms. The standard InChI is InChI=1S/C25H37N9O3.C2H6/c1-5-33(6-2)20-12-11-19(22(35)15-20)16-28-29-25(36)18(3)21(17-32-13-9-7-8-10-14-32)34(27-4)24-23(26)30-37-31-24;1-2/h11-12,15-16,35H,4-10,13-14,17H2,1-3H3,(H2,26,30)(H,29,36);1-2H3/b21-18+,28-16-;. The average molecular weight is 542 g/mol. The number of benzene rings is 1. The van der Waals surface area contributed by atoms with Crippen LogP contribution in [0, 0.1) is 0 Å². The van der Waals surface area contributed by atoms with Crippen LogP contribution in [0.15, 0.2) is 44.3 Å². The van der Waals surface area contributed by atoms with Gasteiger partial charge in [-0.25, -0.2) is 15.1 Å². The summed E-state index contributed by atoms with van der Waals surface area (Å²) in [5.74, 6) is -0.166. The maximum Gasteiger partial charge on any atom is 0.268 e. The molecule has 0 radical (unpaired) electrons. The Morgan fingerprint density at radius 2 is 1.87 bits per heavy atom. The number of nitrogen functional groups attached to an aromatic ring is 1. The molecule has 0 saturated carbocycles. The maximum absolute atomic E-state index is 13.1. The van der Waals surface area contributed by atoms with Gasteiger partial charge in [-0.15, -0.1) is 0 Å². The first-order valence-electron chi connectivity index (χ1n) is 13.6. The lowest BCUT2D eigenvalue weighted by atomic mass is 10.2. The number of hydrogen-bond acceptors (Lipinski definition) is 11. The van der Waals surface area contributed by atoms with Crippen LogP contribution in [0.2, 0.25) is 0 Å². The number of hydrazone groups is 2. The first-order valence-corrected chi connectivity index (χ1v) is 13.6. The van der Waals surface area contributed by atoms with Crippen LogP contribution < -0.4 is 21.1 Å². The molecule has 0 atom stereocenters. The highest BCUT2D eigenvalue weighted by atomic mass is 16.6. The molecule has 39 heavy (non-hydrogen) atoms. The number of amides is 1. The van der Waals surface area contributed by atoms with Crippen molar-refractivity contribution in [1.29, 1.82) is 0 Å². The van der Waals surface area contributed by atoms with E-state index in [1.54, 1.807) is 19.1 Å². The summed E-state index contributed by atoms with van der Waals surface area (Å²) in [7, 11) is 0. The van der Waals surface area contributed by atoms with Crippen molar-refractivity contribution in [2.75, 3.05) is 48.4 Å². The fourth-order valence-electron chi connectivity index (χ4n) is 4.27. The van der Waals surface area contributed by atoms with Crippen LogP contribution in [0.5, 0.6) is 5.75 Å². The Hall–Kier alpha value is -3.93. The van der Waals surface area contributed by atoms with E-state index < -0.39 is 5.91 Å². The number of aromatic hydroxyl groups is 1. The van der Waals surface area contributed by atoms with Gasteiger partial charge in [0.05, 0.1) is 11.9 Å². The first kappa shape index (κ1) is 31.3. The van der Waals surface area contributed by atoms with Crippen molar-refractivity contribution in [3.05, 3.63) is 35.0 Å². The second-order valence-corrected chi connectivity index (χ2v) is 8.80. The molecular formula is C27H43N9O3. The molecule has 0 aliphatic carbocycles. The highest BCUT2D eigenvalue weighted by Crippen LogP contribution is 2.26. The van der Waals surface area contributed by atoms with Crippen LogP contribution in [0.3, 0.4) is 0 Å². The molecule has 1 aromatic heterocycles. The Morgan fingerprint density at radius 1 is 1.21 bits per heavy atom. The van der Waals surface area contributed by atoms with E-state index in [1.165, 1.54) is 24.1 Å². The minimum atomic E-state index is -0.441. The van der Waals surface area contributed by atoms with Gasteiger partial charge in [-0.1, -0.05) is 26.7 Å². The molecule has 2 heterocycles. The Labute approximate surface area is 231 Å². The van der Waals surface area contributed by atoms with Crippen LogP contribution in [0.1, 0.15) is 65.9 Å². The van der Waals surface area contributed by atoms with Gasteiger partial charge in [0, 0.05) is 49.2 Å². The van der Waals surface area contributed by atoms with E-state index in [0.717, 1.165) is 44.7 Å². The molecule has 4 N–H and O–H groups in total.